The number of carbonyl (C=O) groups is 1. The van der Waals surface area contributed by atoms with E-state index in [-0.39, 0.29) is 5.91 Å². The Balaban J connectivity index is 0.000000165. The average molecular weight is 471 g/mol. The minimum absolute atomic E-state index is 0.178. The first kappa shape index (κ1) is 23.7. The Hall–Kier alpha value is -4.40. The Bertz CT molecular complexity index is 1450. The molecule has 0 aliphatic carbocycles. The monoisotopic (exact) mass is 470 g/mol. The molecule has 35 heavy (non-hydrogen) atoms. The molecule has 2 aromatic carbocycles. The van der Waals surface area contributed by atoms with Gasteiger partial charge in [-0.15, -0.1) is 10.2 Å². The number of benzene rings is 2. The van der Waals surface area contributed by atoms with E-state index < -0.39 is 0 Å². The van der Waals surface area contributed by atoms with Crippen LogP contribution in [0.5, 0.6) is 0 Å². The van der Waals surface area contributed by atoms with Crippen molar-refractivity contribution in [2.45, 2.75) is 41.5 Å². The third-order valence-corrected chi connectivity index (χ3v) is 5.30. The third-order valence-electron chi connectivity index (χ3n) is 5.30. The number of anilines is 1. The molecule has 3 aromatic heterocycles. The summed E-state index contributed by atoms with van der Waals surface area (Å²) in [5, 5.41) is 18.4. The number of carbonyl (C=O) groups excluding carboxylic acids is 1. The number of H-pyrrole nitrogens is 2. The zero-order valence-corrected chi connectivity index (χ0v) is 20.8. The van der Waals surface area contributed by atoms with Crippen LogP contribution in [0.4, 0.5) is 5.82 Å². The van der Waals surface area contributed by atoms with Gasteiger partial charge in [0.1, 0.15) is 0 Å². The number of amides is 1. The van der Waals surface area contributed by atoms with Crippen LogP contribution >= 0.6 is 0 Å². The van der Waals surface area contributed by atoms with Gasteiger partial charge in [-0.2, -0.15) is 5.10 Å². The molecule has 4 N–H and O–H groups in total. The quantitative estimate of drug-likeness (QED) is 0.283. The second-order valence-corrected chi connectivity index (χ2v) is 8.92. The van der Waals surface area contributed by atoms with Crippen molar-refractivity contribution < 1.29 is 4.79 Å². The fourth-order valence-electron chi connectivity index (χ4n) is 3.97. The van der Waals surface area contributed by atoms with E-state index in [2.05, 4.69) is 68.4 Å². The molecule has 0 atom stereocenters. The smallest absolute Gasteiger partial charge is 0.269 e. The molecule has 0 unspecified atom stereocenters. The molecule has 0 fully saturated rings. The normalized spacial score (nSPS) is 10.7. The first-order chi connectivity index (χ1) is 16.7. The molecule has 9 nitrogen and oxygen atoms in total. The number of fused-ring (bicyclic) bond motifs is 1. The van der Waals surface area contributed by atoms with Crippen LogP contribution in [0, 0.1) is 41.5 Å². The van der Waals surface area contributed by atoms with E-state index in [0.29, 0.717) is 11.4 Å². The van der Waals surface area contributed by atoms with E-state index in [1.54, 1.807) is 0 Å². The number of rotatable bonds is 4. The van der Waals surface area contributed by atoms with E-state index in [9.17, 15) is 4.79 Å². The number of aromatic amines is 2. The molecule has 0 spiro atoms. The first-order valence-electron chi connectivity index (χ1n) is 11.3. The van der Waals surface area contributed by atoms with Crippen molar-refractivity contribution in [2.24, 2.45) is 0 Å². The number of nitrogens with one attached hydrogen (secondary N) is 4. The molecule has 0 aliphatic heterocycles. The molecular formula is C26H30N8O. The summed E-state index contributed by atoms with van der Waals surface area (Å²) in [6.45, 7) is 12.0. The molecule has 0 aliphatic rings. The van der Waals surface area contributed by atoms with Crippen LogP contribution < -0.4 is 10.9 Å². The topological polar surface area (TPSA) is 116 Å². The highest BCUT2D eigenvalue weighted by molar-refractivity contribution is 5.95. The van der Waals surface area contributed by atoms with Gasteiger partial charge in [0, 0.05) is 34.6 Å². The summed E-state index contributed by atoms with van der Waals surface area (Å²) < 4.78 is 1.92. The molecular weight excluding hydrogens is 440 g/mol. The van der Waals surface area contributed by atoms with Gasteiger partial charge in [0.2, 0.25) is 0 Å². The maximum absolute atomic E-state index is 11.9. The summed E-state index contributed by atoms with van der Waals surface area (Å²) >= 11 is 0. The van der Waals surface area contributed by atoms with Crippen molar-refractivity contribution in [2.75, 3.05) is 5.43 Å². The van der Waals surface area contributed by atoms with Crippen LogP contribution in [0.2, 0.25) is 0 Å². The third kappa shape index (κ3) is 5.75. The lowest BCUT2D eigenvalue weighted by Gasteiger charge is -2.07. The summed E-state index contributed by atoms with van der Waals surface area (Å²) in [5.41, 5.74) is 14.6. The molecule has 3 heterocycles. The van der Waals surface area contributed by atoms with Crippen molar-refractivity contribution in [3.8, 4) is 11.4 Å². The van der Waals surface area contributed by atoms with E-state index in [0.717, 1.165) is 39.5 Å². The van der Waals surface area contributed by atoms with Gasteiger partial charge in [-0.3, -0.25) is 25.8 Å². The molecule has 0 saturated heterocycles. The van der Waals surface area contributed by atoms with Gasteiger partial charge in [0.25, 0.3) is 5.91 Å². The van der Waals surface area contributed by atoms with E-state index in [1.165, 1.54) is 11.1 Å². The SMILES string of the molecule is Cc1cc(C)cc(-c2nnc3cc(C)[nH]n23)c1.Cc1cc(C)cc(C(=O)NNc2cc(C)[nH]n2)c1. The Morgan fingerprint density at radius 1 is 0.771 bits per heavy atom. The first-order valence-corrected chi connectivity index (χ1v) is 11.3. The largest absolute Gasteiger partial charge is 0.295 e. The molecule has 9 heteroatoms. The van der Waals surface area contributed by atoms with Gasteiger partial charge in [-0.25, -0.2) is 4.52 Å². The predicted molar refractivity (Wildman–Crippen MR) is 137 cm³/mol. The molecule has 0 bridgehead atoms. The summed E-state index contributed by atoms with van der Waals surface area (Å²) in [6.07, 6.45) is 0. The number of nitrogens with zero attached hydrogens (tertiary/aromatic N) is 4. The zero-order chi connectivity index (χ0) is 25.1. The number of hydrogen-bond donors (Lipinski definition) is 4. The van der Waals surface area contributed by atoms with Crippen molar-refractivity contribution >= 4 is 17.4 Å². The van der Waals surface area contributed by atoms with Crippen LogP contribution in [0.3, 0.4) is 0 Å². The Labute approximate surface area is 203 Å². The maximum atomic E-state index is 11.9. The maximum Gasteiger partial charge on any atom is 0.269 e. The summed E-state index contributed by atoms with van der Waals surface area (Å²) in [5.74, 6) is 1.27. The minimum atomic E-state index is -0.178. The molecule has 180 valence electrons. The fourth-order valence-corrected chi connectivity index (χ4v) is 3.97. The van der Waals surface area contributed by atoms with Gasteiger partial charge >= 0.3 is 0 Å². The lowest BCUT2D eigenvalue weighted by atomic mass is 10.1. The second-order valence-electron chi connectivity index (χ2n) is 8.92. The van der Waals surface area contributed by atoms with Crippen molar-refractivity contribution in [3.63, 3.8) is 0 Å². The van der Waals surface area contributed by atoms with Crippen LogP contribution in [0.25, 0.3) is 17.0 Å². The lowest BCUT2D eigenvalue weighted by molar-refractivity contribution is 0.0962. The van der Waals surface area contributed by atoms with Crippen LogP contribution in [0.15, 0.2) is 48.5 Å². The lowest BCUT2D eigenvalue weighted by Crippen LogP contribution is -2.29. The van der Waals surface area contributed by atoms with Gasteiger partial charge in [-0.05, 0) is 65.8 Å². The zero-order valence-electron chi connectivity index (χ0n) is 20.8. The summed E-state index contributed by atoms with van der Waals surface area (Å²) in [7, 11) is 0. The Morgan fingerprint density at radius 2 is 1.40 bits per heavy atom. The number of aromatic nitrogens is 6. The van der Waals surface area contributed by atoms with E-state index in [1.807, 2.05) is 62.5 Å². The molecule has 5 rings (SSSR count). The highest BCUT2D eigenvalue weighted by Crippen LogP contribution is 2.21. The second kappa shape index (κ2) is 9.84. The van der Waals surface area contributed by atoms with Gasteiger partial charge in [-0.1, -0.05) is 34.4 Å². The standard InChI is InChI=1S/C13H16N4O.C13H14N4/c1-8-4-9(2)6-11(5-8)13(18)17-16-12-7-10(3)14-15-12;1-8-4-9(2)6-11(5-8)13-15-14-12-7-10(3)16-17(12)13/h4-7H,1-3H3,(H,17,18)(H2,14,15,16);4-7,16H,1-3H3. The molecule has 0 saturated carbocycles. The van der Waals surface area contributed by atoms with Crippen molar-refractivity contribution in [1.29, 1.82) is 0 Å². The highest BCUT2D eigenvalue weighted by atomic mass is 16.2. The van der Waals surface area contributed by atoms with Crippen LogP contribution in [-0.4, -0.2) is 35.9 Å². The van der Waals surface area contributed by atoms with Crippen LogP contribution in [-0.2, 0) is 0 Å². The van der Waals surface area contributed by atoms with Crippen molar-refractivity contribution in [3.05, 3.63) is 87.7 Å². The summed E-state index contributed by atoms with van der Waals surface area (Å²) in [6, 6.07) is 15.9. The van der Waals surface area contributed by atoms with Crippen molar-refractivity contribution in [1.82, 2.24) is 35.4 Å². The summed E-state index contributed by atoms with van der Waals surface area (Å²) in [4.78, 5) is 11.9. The fraction of sp³-hybridized carbons (Fsp3) is 0.231. The Morgan fingerprint density at radius 3 is 2.00 bits per heavy atom. The Kier molecular flexibility index (Phi) is 6.68. The van der Waals surface area contributed by atoms with Gasteiger partial charge < -0.3 is 0 Å². The average Bonchev–Trinajstić information content (AvgIpc) is 3.46. The number of aryl methyl sites for hydroxylation is 6. The number of hydrazine groups is 1. The van der Waals surface area contributed by atoms with E-state index >= 15 is 0 Å². The predicted octanol–water partition coefficient (Wildman–Crippen LogP) is 4.74. The van der Waals surface area contributed by atoms with Gasteiger partial charge in [0.15, 0.2) is 17.3 Å². The van der Waals surface area contributed by atoms with E-state index in [4.69, 9.17) is 0 Å². The van der Waals surface area contributed by atoms with Gasteiger partial charge in [0.05, 0.1) is 0 Å². The van der Waals surface area contributed by atoms with Crippen LogP contribution in [0.1, 0.15) is 44.0 Å². The number of hydrogen-bond acceptors (Lipinski definition) is 5. The minimum Gasteiger partial charge on any atom is -0.295 e. The highest BCUT2D eigenvalue weighted by Gasteiger charge is 2.10. The molecule has 0 radical (unpaired) electrons. The molecule has 1 amide bonds. The molecule has 5 aromatic rings.